The van der Waals surface area contributed by atoms with Crippen molar-refractivity contribution in [2.24, 2.45) is 0 Å². The van der Waals surface area contributed by atoms with Gasteiger partial charge in [0.1, 0.15) is 0 Å². The molecule has 5 heteroatoms. The Balaban J connectivity index is 5.38. The second-order valence-corrected chi connectivity index (χ2v) is 11.4. The number of rotatable bonds is 6. The van der Waals surface area contributed by atoms with Gasteiger partial charge in [0.25, 0.3) is 0 Å². The highest BCUT2D eigenvalue weighted by molar-refractivity contribution is 6.70. The second kappa shape index (κ2) is 6.88. The molecule has 0 spiro atoms. The van der Waals surface area contributed by atoms with Crippen molar-refractivity contribution in [3.63, 3.8) is 0 Å². The third kappa shape index (κ3) is 9.88. The molecular weight excluding hydrogens is 264 g/mol. The van der Waals surface area contributed by atoms with Crippen LogP contribution in [0.2, 0.25) is 0 Å². The molecular formula is C15H38N4Si. The predicted octanol–water partition coefficient (Wildman–Crippen LogP) is 2.59. The lowest BCUT2D eigenvalue weighted by Crippen LogP contribution is -2.87. The molecule has 0 atom stereocenters. The van der Waals surface area contributed by atoms with Crippen LogP contribution in [0, 0.1) is 0 Å². The maximum atomic E-state index is 3.82. The predicted molar refractivity (Wildman–Crippen MR) is 92.7 cm³/mol. The standard InChI is InChI=1S/C15H38N4Si/c1-11-12-16-20(17-13(2,3)4,18-14(5,6)7)19-15(8,9)10/h16-19H,11-12H2,1-10H3. The Hall–Kier alpha value is 0.0569. The number of nitrogens with one attached hydrogen (secondary N) is 4. The van der Waals surface area contributed by atoms with Gasteiger partial charge in [-0.1, -0.05) is 6.92 Å². The van der Waals surface area contributed by atoms with Crippen molar-refractivity contribution in [1.29, 1.82) is 0 Å². The molecule has 0 amide bonds. The lowest BCUT2D eigenvalue weighted by Gasteiger charge is -2.46. The highest BCUT2D eigenvalue weighted by Gasteiger charge is 2.43. The summed E-state index contributed by atoms with van der Waals surface area (Å²) in [5.41, 5.74) is 0.135. The Morgan fingerprint density at radius 3 is 1.15 bits per heavy atom. The average Bonchev–Trinajstić information content (AvgIpc) is 2.05. The summed E-state index contributed by atoms with van der Waals surface area (Å²) >= 11 is 0. The average molecular weight is 303 g/mol. The molecule has 0 bridgehead atoms. The smallest absolute Gasteiger partial charge is 0.301 e. The summed E-state index contributed by atoms with van der Waals surface area (Å²) in [7, 11) is -2.22. The van der Waals surface area contributed by atoms with Crippen LogP contribution in [0.1, 0.15) is 75.7 Å². The monoisotopic (exact) mass is 302 g/mol. The SMILES string of the molecule is CCCN[Si](NC(C)(C)C)(NC(C)(C)C)NC(C)(C)C. The lowest BCUT2D eigenvalue weighted by molar-refractivity contribution is 0.404. The van der Waals surface area contributed by atoms with Crippen molar-refractivity contribution < 1.29 is 0 Å². The maximum Gasteiger partial charge on any atom is 0.367 e. The zero-order chi connectivity index (χ0) is 16.2. The first-order valence-electron chi connectivity index (χ1n) is 7.81. The van der Waals surface area contributed by atoms with E-state index in [9.17, 15) is 0 Å². The molecule has 0 aliphatic heterocycles. The number of hydrogen-bond donors (Lipinski definition) is 4. The van der Waals surface area contributed by atoms with Crippen molar-refractivity contribution in [1.82, 2.24) is 19.9 Å². The third-order valence-electron chi connectivity index (χ3n) is 2.33. The Labute approximate surface area is 128 Å². The molecule has 0 aliphatic rings. The number of hydrogen-bond acceptors (Lipinski definition) is 4. The largest absolute Gasteiger partial charge is 0.367 e. The van der Waals surface area contributed by atoms with Crippen LogP contribution in [0.3, 0.4) is 0 Å². The molecule has 0 saturated carbocycles. The molecule has 20 heavy (non-hydrogen) atoms. The van der Waals surface area contributed by atoms with E-state index in [0.717, 1.165) is 13.0 Å². The summed E-state index contributed by atoms with van der Waals surface area (Å²) in [4.78, 5) is 15.2. The fourth-order valence-corrected chi connectivity index (χ4v) is 6.68. The highest BCUT2D eigenvalue weighted by atomic mass is 28.4. The molecule has 0 rings (SSSR count). The van der Waals surface area contributed by atoms with E-state index in [0.29, 0.717) is 0 Å². The fourth-order valence-electron chi connectivity index (χ4n) is 2.23. The van der Waals surface area contributed by atoms with Crippen LogP contribution in [-0.4, -0.2) is 31.9 Å². The van der Waals surface area contributed by atoms with Crippen molar-refractivity contribution in [2.75, 3.05) is 6.54 Å². The topological polar surface area (TPSA) is 48.1 Å². The molecule has 0 radical (unpaired) electrons. The van der Waals surface area contributed by atoms with Crippen LogP contribution in [0.4, 0.5) is 0 Å². The molecule has 4 N–H and O–H groups in total. The van der Waals surface area contributed by atoms with E-state index < -0.39 is 8.72 Å². The van der Waals surface area contributed by atoms with Gasteiger partial charge < -0.3 is 4.98 Å². The maximum absolute atomic E-state index is 3.82. The third-order valence-corrected chi connectivity index (χ3v) is 6.48. The molecule has 4 nitrogen and oxygen atoms in total. The lowest BCUT2D eigenvalue weighted by atomic mass is 10.1. The summed E-state index contributed by atoms with van der Waals surface area (Å²) in [5, 5.41) is 0. The highest BCUT2D eigenvalue weighted by Crippen LogP contribution is 2.11. The van der Waals surface area contributed by atoms with Crippen LogP contribution < -0.4 is 19.9 Å². The van der Waals surface area contributed by atoms with E-state index in [1.807, 2.05) is 0 Å². The van der Waals surface area contributed by atoms with Gasteiger partial charge in [0, 0.05) is 16.6 Å². The van der Waals surface area contributed by atoms with Crippen LogP contribution >= 0.6 is 0 Å². The van der Waals surface area contributed by atoms with Gasteiger partial charge in [-0.15, -0.1) is 0 Å². The van der Waals surface area contributed by atoms with E-state index in [4.69, 9.17) is 0 Å². The van der Waals surface area contributed by atoms with E-state index >= 15 is 0 Å². The minimum atomic E-state index is -2.22. The van der Waals surface area contributed by atoms with E-state index in [1.165, 1.54) is 0 Å². The molecule has 0 unspecified atom stereocenters. The van der Waals surface area contributed by atoms with Gasteiger partial charge in [-0.3, -0.25) is 14.9 Å². The summed E-state index contributed by atoms with van der Waals surface area (Å²) in [5.74, 6) is 0. The van der Waals surface area contributed by atoms with Crippen LogP contribution in [0.15, 0.2) is 0 Å². The first-order chi connectivity index (χ1) is 8.68. The van der Waals surface area contributed by atoms with E-state index in [1.54, 1.807) is 0 Å². The summed E-state index contributed by atoms with van der Waals surface area (Å²) in [6.45, 7) is 23.2. The summed E-state index contributed by atoms with van der Waals surface area (Å²) in [6, 6.07) is 0. The summed E-state index contributed by atoms with van der Waals surface area (Å²) < 4.78 is 0. The Morgan fingerprint density at radius 2 is 0.950 bits per heavy atom. The second-order valence-electron chi connectivity index (χ2n) is 8.80. The molecule has 0 aromatic heterocycles. The van der Waals surface area contributed by atoms with Crippen LogP contribution in [-0.2, 0) is 0 Å². The minimum absolute atomic E-state index is 0.0451. The molecule has 0 saturated heterocycles. The quantitative estimate of drug-likeness (QED) is 0.570. The van der Waals surface area contributed by atoms with Crippen molar-refractivity contribution >= 4 is 8.72 Å². The minimum Gasteiger partial charge on any atom is -0.301 e. The Kier molecular flexibility index (Phi) is 6.90. The first-order valence-corrected chi connectivity index (χ1v) is 9.81. The van der Waals surface area contributed by atoms with Gasteiger partial charge in [0.05, 0.1) is 0 Å². The summed E-state index contributed by atoms with van der Waals surface area (Å²) in [6.07, 6.45) is 1.12. The van der Waals surface area contributed by atoms with Crippen LogP contribution in [0.5, 0.6) is 0 Å². The van der Waals surface area contributed by atoms with Crippen molar-refractivity contribution in [2.45, 2.75) is 92.3 Å². The van der Waals surface area contributed by atoms with Gasteiger partial charge >= 0.3 is 8.72 Å². The van der Waals surface area contributed by atoms with Gasteiger partial charge in [-0.25, -0.2) is 0 Å². The van der Waals surface area contributed by atoms with E-state index in [2.05, 4.69) is 89.2 Å². The normalized spacial score (nSPS) is 14.7. The molecule has 0 aromatic carbocycles. The van der Waals surface area contributed by atoms with Gasteiger partial charge in [0.2, 0.25) is 0 Å². The Morgan fingerprint density at radius 1 is 0.650 bits per heavy atom. The molecule has 0 aromatic rings. The van der Waals surface area contributed by atoms with Crippen molar-refractivity contribution in [3.05, 3.63) is 0 Å². The molecule has 0 aliphatic carbocycles. The molecule has 0 fully saturated rings. The zero-order valence-corrected chi connectivity index (χ0v) is 16.4. The fraction of sp³-hybridized carbons (Fsp3) is 1.00. The zero-order valence-electron chi connectivity index (χ0n) is 15.4. The van der Waals surface area contributed by atoms with Gasteiger partial charge in [0.15, 0.2) is 0 Å². The first kappa shape index (κ1) is 20.1. The molecule has 0 heterocycles. The van der Waals surface area contributed by atoms with Gasteiger partial charge in [-0.05, 0) is 75.3 Å². The van der Waals surface area contributed by atoms with E-state index in [-0.39, 0.29) is 16.6 Å². The van der Waals surface area contributed by atoms with Gasteiger partial charge in [-0.2, -0.15) is 0 Å². The Bertz CT molecular complexity index is 243. The van der Waals surface area contributed by atoms with Crippen LogP contribution in [0.25, 0.3) is 0 Å². The van der Waals surface area contributed by atoms with Crippen molar-refractivity contribution in [3.8, 4) is 0 Å². The molecule has 122 valence electrons.